The first-order chi connectivity index (χ1) is 9.80. The minimum absolute atomic E-state index is 0.102. The van der Waals surface area contributed by atoms with Crippen LogP contribution in [0.1, 0.15) is 26.3 Å². The predicted molar refractivity (Wildman–Crippen MR) is 85.9 cm³/mol. The molecule has 0 spiro atoms. The number of nitrogens with one attached hydrogen (secondary N) is 2. The van der Waals surface area contributed by atoms with Crippen LogP contribution >= 0.6 is 11.8 Å². The van der Waals surface area contributed by atoms with Gasteiger partial charge in [0.2, 0.25) is 0 Å². The van der Waals surface area contributed by atoms with Gasteiger partial charge in [-0.2, -0.15) is 0 Å². The Morgan fingerprint density at radius 3 is 2.86 bits per heavy atom. The number of aromatic nitrogens is 2. The van der Waals surface area contributed by atoms with Crippen molar-refractivity contribution in [2.24, 2.45) is 0 Å². The first-order valence-corrected chi connectivity index (χ1v) is 7.89. The maximum atomic E-state index is 11.5. The topological polar surface area (TPSA) is 78.0 Å². The Balaban J connectivity index is 2.13. The van der Waals surface area contributed by atoms with Crippen molar-refractivity contribution in [2.75, 3.05) is 5.75 Å². The fourth-order valence-electron chi connectivity index (χ4n) is 2.18. The maximum absolute atomic E-state index is 11.5. The summed E-state index contributed by atoms with van der Waals surface area (Å²) in [6.07, 6.45) is 0. The minimum Gasteiger partial charge on any atom is -0.480 e. The number of carboxylic acids is 1. The number of hydrogen-bond donors (Lipinski definition) is 3. The second-order valence-corrected chi connectivity index (χ2v) is 6.75. The lowest BCUT2D eigenvalue weighted by Crippen LogP contribution is -2.54. The van der Waals surface area contributed by atoms with Crippen LogP contribution in [0.2, 0.25) is 0 Å². The number of rotatable bonds is 6. The van der Waals surface area contributed by atoms with E-state index in [1.807, 2.05) is 39.0 Å². The molecule has 0 saturated heterocycles. The lowest BCUT2D eigenvalue weighted by molar-refractivity contribution is -0.143. The summed E-state index contributed by atoms with van der Waals surface area (Å²) in [5, 5.41) is 13.3. The quantitative estimate of drug-likeness (QED) is 0.715. The largest absolute Gasteiger partial charge is 0.480 e. The van der Waals surface area contributed by atoms with Crippen molar-refractivity contribution in [1.82, 2.24) is 15.3 Å². The van der Waals surface area contributed by atoms with Crippen molar-refractivity contribution in [3.63, 3.8) is 0 Å². The zero-order valence-electron chi connectivity index (χ0n) is 12.7. The normalized spacial score (nSPS) is 14.5. The Kier molecular flexibility index (Phi) is 4.58. The molecular weight excluding hydrogens is 286 g/mol. The molecule has 114 valence electrons. The van der Waals surface area contributed by atoms with E-state index in [1.165, 1.54) is 17.3 Å². The van der Waals surface area contributed by atoms with Crippen molar-refractivity contribution in [1.29, 1.82) is 0 Å². The van der Waals surface area contributed by atoms with Gasteiger partial charge in [0.25, 0.3) is 0 Å². The maximum Gasteiger partial charge on any atom is 0.324 e. The molecule has 1 aromatic heterocycles. The number of hydrogen-bond acceptors (Lipinski definition) is 4. The van der Waals surface area contributed by atoms with Crippen LogP contribution in [0.4, 0.5) is 0 Å². The van der Waals surface area contributed by atoms with Gasteiger partial charge in [-0.15, -0.1) is 0 Å². The number of H-pyrrole nitrogens is 1. The average Bonchev–Trinajstić information content (AvgIpc) is 2.77. The smallest absolute Gasteiger partial charge is 0.324 e. The summed E-state index contributed by atoms with van der Waals surface area (Å²) >= 11 is 1.42. The molecule has 1 unspecified atom stereocenters. The number of thioether (sulfide) groups is 1. The van der Waals surface area contributed by atoms with Gasteiger partial charge in [-0.3, -0.25) is 10.1 Å². The van der Waals surface area contributed by atoms with Gasteiger partial charge in [0.1, 0.15) is 5.54 Å². The van der Waals surface area contributed by atoms with E-state index in [1.54, 1.807) is 6.92 Å². The molecule has 3 N–H and O–H groups in total. The Labute approximate surface area is 128 Å². The third-order valence-corrected chi connectivity index (χ3v) is 4.38. The molecule has 2 aromatic rings. The van der Waals surface area contributed by atoms with Crippen LogP contribution in [-0.4, -0.2) is 38.4 Å². The Bertz CT molecular complexity index is 653. The van der Waals surface area contributed by atoms with Gasteiger partial charge in [-0.05, 0) is 45.4 Å². The minimum atomic E-state index is -0.978. The molecule has 6 heteroatoms. The van der Waals surface area contributed by atoms with Crippen LogP contribution in [0, 0.1) is 6.92 Å². The molecule has 2 rings (SSSR count). The number of nitrogens with zero attached hydrogens (tertiary/aromatic N) is 1. The zero-order chi connectivity index (χ0) is 15.6. The molecule has 0 fully saturated rings. The summed E-state index contributed by atoms with van der Waals surface area (Å²) in [6, 6.07) is 6.12. The highest BCUT2D eigenvalue weighted by Crippen LogP contribution is 2.24. The molecular formula is C15H21N3O2S. The van der Waals surface area contributed by atoms with E-state index in [9.17, 15) is 9.90 Å². The molecule has 0 aliphatic rings. The monoisotopic (exact) mass is 307 g/mol. The third-order valence-electron chi connectivity index (χ3n) is 3.19. The fourth-order valence-corrected chi connectivity index (χ4v) is 3.16. The molecule has 0 saturated carbocycles. The van der Waals surface area contributed by atoms with Crippen molar-refractivity contribution < 1.29 is 9.90 Å². The molecule has 0 aliphatic heterocycles. The van der Waals surface area contributed by atoms with Crippen LogP contribution in [0.5, 0.6) is 0 Å². The number of aryl methyl sites for hydroxylation is 1. The van der Waals surface area contributed by atoms with Gasteiger partial charge in [-0.25, -0.2) is 4.98 Å². The van der Waals surface area contributed by atoms with Gasteiger partial charge in [0.15, 0.2) is 5.16 Å². The Morgan fingerprint density at radius 2 is 2.24 bits per heavy atom. The van der Waals surface area contributed by atoms with Crippen LogP contribution in [0.3, 0.4) is 0 Å². The van der Waals surface area contributed by atoms with E-state index in [2.05, 4.69) is 15.3 Å². The van der Waals surface area contributed by atoms with Gasteiger partial charge < -0.3 is 10.1 Å². The Hall–Kier alpha value is -1.53. The van der Waals surface area contributed by atoms with Gasteiger partial charge in [0.05, 0.1) is 11.0 Å². The van der Waals surface area contributed by atoms with E-state index in [0.717, 1.165) is 16.2 Å². The van der Waals surface area contributed by atoms with Crippen LogP contribution in [0.15, 0.2) is 23.4 Å². The molecule has 21 heavy (non-hydrogen) atoms. The van der Waals surface area contributed by atoms with Gasteiger partial charge >= 0.3 is 5.97 Å². The second kappa shape index (κ2) is 6.07. The summed E-state index contributed by atoms with van der Waals surface area (Å²) < 4.78 is 0. The number of fused-ring (bicyclic) bond motifs is 1. The Morgan fingerprint density at radius 1 is 1.52 bits per heavy atom. The van der Waals surface area contributed by atoms with Gasteiger partial charge in [0, 0.05) is 11.8 Å². The number of aliphatic carboxylic acids is 1. The summed E-state index contributed by atoms with van der Waals surface area (Å²) in [6.45, 7) is 7.61. The number of imidazole rings is 1. The van der Waals surface area contributed by atoms with Crippen molar-refractivity contribution in [2.45, 2.75) is 44.4 Å². The first-order valence-electron chi connectivity index (χ1n) is 6.90. The lowest BCUT2D eigenvalue weighted by Gasteiger charge is -2.27. The van der Waals surface area contributed by atoms with E-state index < -0.39 is 11.5 Å². The fraction of sp³-hybridized carbons (Fsp3) is 0.467. The highest BCUT2D eigenvalue weighted by Gasteiger charge is 2.33. The standard InChI is InChI=1S/C15H21N3O2S/c1-9(2)18-15(4,13(19)20)8-21-14-16-11-6-5-10(3)7-12(11)17-14/h5-7,9,18H,8H2,1-4H3,(H,16,17)(H,19,20). The van der Waals surface area contributed by atoms with Crippen LogP contribution in [0.25, 0.3) is 11.0 Å². The number of carbonyl (C=O) groups is 1. The molecule has 5 nitrogen and oxygen atoms in total. The van der Waals surface area contributed by atoms with E-state index in [0.29, 0.717) is 5.75 Å². The van der Waals surface area contributed by atoms with E-state index >= 15 is 0 Å². The van der Waals surface area contributed by atoms with Crippen molar-refractivity contribution >= 4 is 28.8 Å². The number of carboxylic acid groups (broad SMARTS) is 1. The summed E-state index contributed by atoms with van der Waals surface area (Å²) in [7, 11) is 0. The number of aromatic amines is 1. The number of benzene rings is 1. The third kappa shape index (κ3) is 3.77. The molecule has 0 amide bonds. The second-order valence-electron chi connectivity index (χ2n) is 5.79. The highest BCUT2D eigenvalue weighted by molar-refractivity contribution is 7.99. The summed E-state index contributed by atoms with van der Waals surface area (Å²) in [5.74, 6) is -0.449. The molecule has 1 aromatic carbocycles. The molecule has 0 aliphatic carbocycles. The predicted octanol–water partition coefficient (Wildman–Crippen LogP) is 2.80. The van der Waals surface area contributed by atoms with Crippen molar-refractivity contribution in [3.05, 3.63) is 23.8 Å². The van der Waals surface area contributed by atoms with Gasteiger partial charge in [-0.1, -0.05) is 17.8 Å². The van der Waals surface area contributed by atoms with E-state index in [4.69, 9.17) is 0 Å². The van der Waals surface area contributed by atoms with Crippen molar-refractivity contribution in [3.8, 4) is 0 Å². The average molecular weight is 307 g/mol. The highest BCUT2D eigenvalue weighted by atomic mass is 32.2. The molecule has 0 bridgehead atoms. The lowest BCUT2D eigenvalue weighted by atomic mass is 10.1. The zero-order valence-corrected chi connectivity index (χ0v) is 13.5. The summed E-state index contributed by atoms with van der Waals surface area (Å²) in [5.41, 5.74) is 2.07. The molecule has 1 atom stereocenters. The summed E-state index contributed by atoms with van der Waals surface area (Å²) in [4.78, 5) is 19.2. The van der Waals surface area contributed by atoms with Crippen LogP contribution < -0.4 is 5.32 Å². The SMILES string of the molecule is Cc1ccc2nc(SCC(C)(NC(C)C)C(=O)O)[nH]c2c1. The molecule has 0 radical (unpaired) electrons. The molecule has 1 heterocycles. The first kappa shape index (κ1) is 15.9. The van der Waals surface area contributed by atoms with Crippen LogP contribution in [-0.2, 0) is 4.79 Å². The van der Waals surface area contributed by atoms with E-state index in [-0.39, 0.29) is 6.04 Å².